The summed E-state index contributed by atoms with van der Waals surface area (Å²) in [5.74, 6) is 1.18. The summed E-state index contributed by atoms with van der Waals surface area (Å²) in [6.07, 6.45) is 6.40. The zero-order valence-electron chi connectivity index (χ0n) is 19.1. The highest BCUT2D eigenvalue weighted by atomic mass is 16.2. The second-order valence-electron chi connectivity index (χ2n) is 8.75. The summed E-state index contributed by atoms with van der Waals surface area (Å²) < 4.78 is 2.25. The quantitative estimate of drug-likeness (QED) is 0.567. The molecule has 0 atom stereocenters. The van der Waals surface area contributed by atoms with Gasteiger partial charge in [-0.1, -0.05) is 48.5 Å². The van der Waals surface area contributed by atoms with Gasteiger partial charge in [0.15, 0.2) is 0 Å². The van der Waals surface area contributed by atoms with Gasteiger partial charge in [0.1, 0.15) is 5.82 Å². The summed E-state index contributed by atoms with van der Waals surface area (Å²) in [5, 5.41) is 5.96. The number of amides is 2. The Balaban J connectivity index is 1.29. The SMILES string of the molecule is CN(C)Cc1ccc(-c2ccccc2CNC(=O)NCCc2cn3c(n2)CCCC3)cc1. The van der Waals surface area contributed by atoms with E-state index in [1.807, 2.05) is 12.1 Å². The van der Waals surface area contributed by atoms with Crippen LogP contribution in [0.25, 0.3) is 11.1 Å². The lowest BCUT2D eigenvalue weighted by Gasteiger charge is -2.13. The Morgan fingerprint density at radius 1 is 1.06 bits per heavy atom. The Morgan fingerprint density at radius 2 is 1.88 bits per heavy atom. The van der Waals surface area contributed by atoms with Crippen LogP contribution < -0.4 is 10.6 Å². The van der Waals surface area contributed by atoms with E-state index in [0.717, 1.165) is 48.3 Å². The van der Waals surface area contributed by atoms with E-state index in [1.165, 1.54) is 24.2 Å². The monoisotopic (exact) mass is 431 g/mol. The van der Waals surface area contributed by atoms with Crippen molar-refractivity contribution in [3.05, 3.63) is 77.4 Å². The van der Waals surface area contributed by atoms with E-state index in [4.69, 9.17) is 4.98 Å². The highest BCUT2D eigenvalue weighted by molar-refractivity contribution is 5.74. The molecule has 6 nitrogen and oxygen atoms in total. The molecular formula is C26H33N5O. The number of hydrogen-bond donors (Lipinski definition) is 2. The third-order valence-electron chi connectivity index (χ3n) is 5.85. The number of hydrogen-bond acceptors (Lipinski definition) is 3. The molecule has 0 radical (unpaired) electrons. The molecule has 1 aliphatic rings. The average Bonchev–Trinajstić information content (AvgIpc) is 3.21. The van der Waals surface area contributed by atoms with Crippen LogP contribution in [-0.2, 0) is 32.5 Å². The van der Waals surface area contributed by atoms with Crippen molar-refractivity contribution in [3.8, 4) is 11.1 Å². The molecule has 0 saturated heterocycles. The van der Waals surface area contributed by atoms with Crippen LogP contribution in [0.15, 0.2) is 54.7 Å². The van der Waals surface area contributed by atoms with Crippen molar-refractivity contribution in [3.63, 3.8) is 0 Å². The fourth-order valence-electron chi connectivity index (χ4n) is 4.25. The van der Waals surface area contributed by atoms with Gasteiger partial charge in [-0.2, -0.15) is 0 Å². The smallest absolute Gasteiger partial charge is 0.315 e. The lowest BCUT2D eigenvalue weighted by Crippen LogP contribution is -2.36. The zero-order valence-corrected chi connectivity index (χ0v) is 19.1. The van der Waals surface area contributed by atoms with Gasteiger partial charge in [-0.15, -0.1) is 0 Å². The van der Waals surface area contributed by atoms with Gasteiger partial charge in [0, 0.05) is 45.2 Å². The molecule has 0 aliphatic carbocycles. The first-order valence-electron chi connectivity index (χ1n) is 11.5. The van der Waals surface area contributed by atoms with Gasteiger partial charge in [-0.25, -0.2) is 9.78 Å². The maximum atomic E-state index is 12.3. The molecule has 0 fully saturated rings. The van der Waals surface area contributed by atoms with Gasteiger partial charge >= 0.3 is 6.03 Å². The normalized spacial score (nSPS) is 13.1. The predicted molar refractivity (Wildman–Crippen MR) is 128 cm³/mol. The van der Waals surface area contributed by atoms with E-state index >= 15 is 0 Å². The lowest BCUT2D eigenvalue weighted by atomic mass is 9.98. The van der Waals surface area contributed by atoms with Crippen LogP contribution in [0.2, 0.25) is 0 Å². The summed E-state index contributed by atoms with van der Waals surface area (Å²) in [6.45, 7) is 3.05. The first-order chi connectivity index (χ1) is 15.6. The fourth-order valence-corrected chi connectivity index (χ4v) is 4.25. The van der Waals surface area contributed by atoms with E-state index < -0.39 is 0 Å². The van der Waals surface area contributed by atoms with Crippen molar-refractivity contribution < 1.29 is 4.79 Å². The second-order valence-corrected chi connectivity index (χ2v) is 8.75. The summed E-state index contributed by atoms with van der Waals surface area (Å²) in [5.41, 5.74) is 5.75. The molecule has 2 aromatic carbocycles. The Hall–Kier alpha value is -3.12. The number of aryl methyl sites for hydroxylation is 2. The highest BCUT2D eigenvalue weighted by Gasteiger charge is 2.12. The van der Waals surface area contributed by atoms with Gasteiger partial charge in [0.2, 0.25) is 0 Å². The number of carbonyl (C=O) groups excluding carboxylic acids is 1. The van der Waals surface area contributed by atoms with E-state index in [0.29, 0.717) is 13.1 Å². The van der Waals surface area contributed by atoms with Gasteiger partial charge < -0.3 is 20.1 Å². The summed E-state index contributed by atoms with van der Waals surface area (Å²) in [7, 11) is 4.14. The Labute approximate surface area is 190 Å². The molecule has 6 heteroatoms. The molecule has 2 heterocycles. The van der Waals surface area contributed by atoms with E-state index in [9.17, 15) is 4.79 Å². The highest BCUT2D eigenvalue weighted by Crippen LogP contribution is 2.24. The minimum absolute atomic E-state index is 0.148. The minimum Gasteiger partial charge on any atom is -0.338 e. The van der Waals surface area contributed by atoms with Crippen LogP contribution >= 0.6 is 0 Å². The third-order valence-corrected chi connectivity index (χ3v) is 5.85. The number of carbonyl (C=O) groups is 1. The topological polar surface area (TPSA) is 62.2 Å². The van der Waals surface area contributed by atoms with E-state index in [1.54, 1.807) is 0 Å². The molecule has 1 aliphatic heterocycles. The summed E-state index contributed by atoms with van der Waals surface area (Å²) >= 11 is 0. The number of rotatable bonds is 8. The fraction of sp³-hybridized carbons (Fsp3) is 0.385. The molecule has 32 heavy (non-hydrogen) atoms. The van der Waals surface area contributed by atoms with Crippen molar-refractivity contribution in [1.82, 2.24) is 25.1 Å². The molecule has 2 amide bonds. The van der Waals surface area contributed by atoms with Crippen molar-refractivity contribution in [2.45, 2.75) is 45.3 Å². The maximum Gasteiger partial charge on any atom is 0.315 e. The number of nitrogens with zero attached hydrogens (tertiary/aromatic N) is 3. The molecular weight excluding hydrogens is 398 g/mol. The van der Waals surface area contributed by atoms with Crippen LogP contribution in [0.4, 0.5) is 4.79 Å². The molecule has 168 valence electrons. The Kier molecular flexibility index (Phi) is 7.22. The standard InChI is InChI=1S/C26H33N5O/c1-30(2)18-20-10-12-21(13-11-20)24-8-4-3-7-22(24)17-28-26(32)27-15-14-23-19-31-16-6-5-9-25(31)29-23/h3-4,7-8,10-13,19H,5-6,9,14-18H2,1-2H3,(H2,27,28,32). The van der Waals surface area contributed by atoms with Crippen LogP contribution in [-0.4, -0.2) is 41.1 Å². The molecule has 0 bridgehead atoms. The Bertz CT molecular complexity index is 1020. The van der Waals surface area contributed by atoms with Gasteiger partial charge in [0.25, 0.3) is 0 Å². The zero-order chi connectivity index (χ0) is 22.3. The summed E-state index contributed by atoms with van der Waals surface area (Å²) in [6, 6.07) is 16.7. The largest absolute Gasteiger partial charge is 0.338 e. The van der Waals surface area contributed by atoms with Crippen molar-refractivity contribution in [2.24, 2.45) is 0 Å². The van der Waals surface area contributed by atoms with Gasteiger partial charge in [0.05, 0.1) is 5.69 Å². The predicted octanol–water partition coefficient (Wildman–Crippen LogP) is 3.99. The van der Waals surface area contributed by atoms with Crippen molar-refractivity contribution in [1.29, 1.82) is 0 Å². The minimum atomic E-state index is -0.148. The number of urea groups is 1. The number of benzene rings is 2. The first-order valence-corrected chi connectivity index (χ1v) is 11.5. The summed E-state index contributed by atoms with van der Waals surface area (Å²) in [4.78, 5) is 19.2. The van der Waals surface area contributed by atoms with Crippen LogP contribution in [0, 0.1) is 0 Å². The molecule has 3 aromatic rings. The van der Waals surface area contributed by atoms with Gasteiger partial charge in [-0.3, -0.25) is 0 Å². The van der Waals surface area contributed by atoms with Crippen molar-refractivity contribution in [2.75, 3.05) is 20.6 Å². The van der Waals surface area contributed by atoms with Crippen LogP contribution in [0.3, 0.4) is 0 Å². The van der Waals surface area contributed by atoms with Crippen LogP contribution in [0.1, 0.15) is 35.5 Å². The third kappa shape index (κ3) is 5.77. The number of imidazole rings is 1. The van der Waals surface area contributed by atoms with Crippen molar-refractivity contribution >= 4 is 6.03 Å². The first kappa shape index (κ1) is 22.1. The number of nitrogens with one attached hydrogen (secondary N) is 2. The molecule has 0 saturated carbocycles. The van der Waals surface area contributed by atoms with Gasteiger partial charge in [-0.05, 0) is 49.2 Å². The molecule has 4 rings (SSSR count). The number of aromatic nitrogens is 2. The molecule has 0 spiro atoms. The Morgan fingerprint density at radius 3 is 2.66 bits per heavy atom. The number of fused-ring (bicyclic) bond motifs is 1. The molecule has 1 aromatic heterocycles. The maximum absolute atomic E-state index is 12.3. The van der Waals surface area contributed by atoms with E-state index in [2.05, 4.69) is 76.8 Å². The second kappa shape index (κ2) is 10.5. The van der Waals surface area contributed by atoms with E-state index in [-0.39, 0.29) is 6.03 Å². The van der Waals surface area contributed by atoms with Crippen LogP contribution in [0.5, 0.6) is 0 Å². The molecule has 0 unspecified atom stereocenters. The lowest BCUT2D eigenvalue weighted by molar-refractivity contribution is 0.240. The molecule has 2 N–H and O–H groups in total. The average molecular weight is 432 g/mol.